The molecule has 3 rings (SSSR count). The van der Waals surface area contributed by atoms with Crippen molar-refractivity contribution in [2.24, 2.45) is 0 Å². The third-order valence-electron chi connectivity index (χ3n) is 4.46. The van der Waals surface area contributed by atoms with Gasteiger partial charge in [0.15, 0.2) is 0 Å². The van der Waals surface area contributed by atoms with Crippen LogP contribution in [0.4, 0.5) is 11.6 Å². The van der Waals surface area contributed by atoms with E-state index in [0.29, 0.717) is 11.5 Å². The highest BCUT2D eigenvalue weighted by atomic mass is 16.2. The number of anilines is 2. The number of nitrogens with one attached hydrogen (secondary N) is 1. The summed E-state index contributed by atoms with van der Waals surface area (Å²) in [5.41, 5.74) is 5.13. The van der Waals surface area contributed by atoms with Crippen molar-refractivity contribution in [1.82, 2.24) is 14.9 Å². The number of hydrogen-bond acceptors (Lipinski definition) is 4. The summed E-state index contributed by atoms with van der Waals surface area (Å²) in [4.78, 5) is 23.0. The van der Waals surface area contributed by atoms with Crippen molar-refractivity contribution >= 4 is 17.5 Å². The average Bonchev–Trinajstić information content (AvgIpc) is 2.59. The van der Waals surface area contributed by atoms with Gasteiger partial charge < -0.3 is 10.2 Å². The molecule has 0 aliphatic carbocycles. The van der Waals surface area contributed by atoms with Gasteiger partial charge in [0.25, 0.3) is 5.91 Å². The largest absolute Gasteiger partial charge is 0.339 e. The number of carbonyl (C=O) groups is 1. The second-order valence-electron chi connectivity index (χ2n) is 6.55. The predicted octanol–water partition coefficient (Wildman–Crippen LogP) is 3.77. The standard InChI is InChI=1S/C19H24N4O/c1-13-9-14(2)17(15(3)10-13)22-19-20-11-16(12-21-19)18(24)23-7-5-4-6-8-23/h9-12H,4-8H2,1-3H3,(H,20,21,22). The maximum absolute atomic E-state index is 12.4. The van der Waals surface area contributed by atoms with Crippen LogP contribution in [-0.2, 0) is 0 Å². The van der Waals surface area contributed by atoms with E-state index in [0.717, 1.165) is 42.7 Å². The van der Waals surface area contributed by atoms with Crippen LogP contribution in [0.5, 0.6) is 0 Å². The highest BCUT2D eigenvalue weighted by molar-refractivity contribution is 5.93. The van der Waals surface area contributed by atoms with Crippen LogP contribution < -0.4 is 5.32 Å². The molecular formula is C19H24N4O. The van der Waals surface area contributed by atoms with E-state index in [9.17, 15) is 4.79 Å². The lowest BCUT2D eigenvalue weighted by Gasteiger charge is -2.26. The highest BCUT2D eigenvalue weighted by Crippen LogP contribution is 2.24. The first kappa shape index (κ1) is 16.4. The zero-order valence-corrected chi connectivity index (χ0v) is 14.6. The summed E-state index contributed by atoms with van der Waals surface area (Å²) < 4.78 is 0. The van der Waals surface area contributed by atoms with E-state index in [1.807, 2.05) is 4.90 Å². The van der Waals surface area contributed by atoms with E-state index in [4.69, 9.17) is 0 Å². The molecule has 1 aliphatic rings. The zero-order valence-electron chi connectivity index (χ0n) is 14.6. The molecule has 1 aromatic carbocycles. The van der Waals surface area contributed by atoms with Crippen molar-refractivity contribution in [2.75, 3.05) is 18.4 Å². The lowest BCUT2D eigenvalue weighted by atomic mass is 10.1. The monoisotopic (exact) mass is 324 g/mol. The molecule has 0 spiro atoms. The Bertz CT molecular complexity index is 711. The van der Waals surface area contributed by atoms with Crippen molar-refractivity contribution < 1.29 is 4.79 Å². The highest BCUT2D eigenvalue weighted by Gasteiger charge is 2.18. The lowest BCUT2D eigenvalue weighted by Crippen LogP contribution is -2.35. The zero-order chi connectivity index (χ0) is 17.1. The van der Waals surface area contributed by atoms with Gasteiger partial charge in [0.1, 0.15) is 0 Å². The molecule has 1 amide bonds. The van der Waals surface area contributed by atoms with Crippen molar-refractivity contribution in [3.8, 4) is 0 Å². The molecule has 0 atom stereocenters. The van der Waals surface area contributed by atoms with Gasteiger partial charge in [-0.1, -0.05) is 17.7 Å². The van der Waals surface area contributed by atoms with Crippen LogP contribution in [0, 0.1) is 20.8 Å². The van der Waals surface area contributed by atoms with E-state index < -0.39 is 0 Å². The van der Waals surface area contributed by atoms with Crippen LogP contribution in [0.1, 0.15) is 46.3 Å². The first-order chi connectivity index (χ1) is 11.5. The lowest BCUT2D eigenvalue weighted by molar-refractivity contribution is 0.0723. The molecule has 0 bridgehead atoms. The van der Waals surface area contributed by atoms with Crippen LogP contribution >= 0.6 is 0 Å². The molecule has 126 valence electrons. The summed E-state index contributed by atoms with van der Waals surface area (Å²) in [6, 6.07) is 4.26. The van der Waals surface area contributed by atoms with E-state index in [2.05, 4.69) is 48.2 Å². The average molecular weight is 324 g/mol. The Kier molecular flexibility index (Phi) is 4.79. The molecule has 24 heavy (non-hydrogen) atoms. The Morgan fingerprint density at radius 1 is 1.00 bits per heavy atom. The van der Waals surface area contributed by atoms with Crippen molar-refractivity contribution in [1.29, 1.82) is 0 Å². The summed E-state index contributed by atoms with van der Waals surface area (Å²) >= 11 is 0. The van der Waals surface area contributed by atoms with Crippen LogP contribution in [0.25, 0.3) is 0 Å². The summed E-state index contributed by atoms with van der Waals surface area (Å²) in [6.45, 7) is 7.88. The first-order valence-electron chi connectivity index (χ1n) is 8.51. The Balaban J connectivity index is 1.74. The van der Waals surface area contributed by atoms with Crippen LogP contribution in [0.15, 0.2) is 24.5 Å². The fourth-order valence-electron chi connectivity index (χ4n) is 3.27. The minimum Gasteiger partial charge on any atom is -0.339 e. The maximum Gasteiger partial charge on any atom is 0.256 e. The number of carbonyl (C=O) groups excluding carboxylic acids is 1. The van der Waals surface area contributed by atoms with E-state index in [1.54, 1.807) is 12.4 Å². The number of aryl methyl sites for hydroxylation is 3. The molecule has 2 heterocycles. The summed E-state index contributed by atoms with van der Waals surface area (Å²) in [5, 5.41) is 3.27. The summed E-state index contributed by atoms with van der Waals surface area (Å²) in [6.07, 6.45) is 6.60. The van der Waals surface area contributed by atoms with E-state index in [1.165, 1.54) is 12.0 Å². The maximum atomic E-state index is 12.4. The molecule has 5 heteroatoms. The molecule has 1 N–H and O–H groups in total. The molecule has 1 fully saturated rings. The van der Waals surface area contributed by atoms with Gasteiger partial charge in [-0.2, -0.15) is 0 Å². The summed E-state index contributed by atoms with van der Waals surface area (Å²) in [5.74, 6) is 0.546. The van der Waals surface area contributed by atoms with Gasteiger partial charge in [-0.3, -0.25) is 4.79 Å². The van der Waals surface area contributed by atoms with Crippen LogP contribution in [0.2, 0.25) is 0 Å². The molecule has 0 radical (unpaired) electrons. The molecule has 0 saturated carbocycles. The van der Waals surface area contributed by atoms with E-state index >= 15 is 0 Å². The Hall–Kier alpha value is -2.43. The van der Waals surface area contributed by atoms with Crippen LogP contribution in [-0.4, -0.2) is 33.9 Å². The second kappa shape index (κ2) is 6.99. The van der Waals surface area contributed by atoms with Gasteiger partial charge in [-0.05, 0) is 51.2 Å². The minimum absolute atomic E-state index is 0.0314. The number of aromatic nitrogens is 2. The fraction of sp³-hybridized carbons (Fsp3) is 0.421. The van der Waals surface area contributed by atoms with Gasteiger partial charge in [0.2, 0.25) is 5.95 Å². The number of benzene rings is 1. The second-order valence-corrected chi connectivity index (χ2v) is 6.55. The number of likely N-dealkylation sites (tertiary alicyclic amines) is 1. The van der Waals surface area contributed by atoms with Crippen molar-refractivity contribution in [3.63, 3.8) is 0 Å². The normalized spacial score (nSPS) is 14.5. The van der Waals surface area contributed by atoms with Gasteiger partial charge in [-0.15, -0.1) is 0 Å². The predicted molar refractivity (Wildman–Crippen MR) is 95.7 cm³/mol. The SMILES string of the molecule is Cc1cc(C)c(Nc2ncc(C(=O)N3CCCCC3)cn2)c(C)c1. The van der Waals surface area contributed by atoms with Crippen LogP contribution in [0.3, 0.4) is 0 Å². The minimum atomic E-state index is 0.0314. The smallest absolute Gasteiger partial charge is 0.256 e. The number of piperidine rings is 1. The van der Waals surface area contributed by atoms with Gasteiger partial charge in [0.05, 0.1) is 5.56 Å². The number of rotatable bonds is 3. The molecule has 0 unspecified atom stereocenters. The first-order valence-corrected chi connectivity index (χ1v) is 8.51. The molecular weight excluding hydrogens is 300 g/mol. The Morgan fingerprint density at radius 2 is 1.58 bits per heavy atom. The topological polar surface area (TPSA) is 58.1 Å². The number of amides is 1. The molecule has 5 nitrogen and oxygen atoms in total. The third kappa shape index (κ3) is 3.55. The van der Waals surface area contributed by atoms with Crippen molar-refractivity contribution in [2.45, 2.75) is 40.0 Å². The molecule has 1 saturated heterocycles. The van der Waals surface area contributed by atoms with Crippen molar-refractivity contribution in [3.05, 3.63) is 46.8 Å². The van der Waals surface area contributed by atoms with Gasteiger partial charge >= 0.3 is 0 Å². The Labute approximate surface area is 143 Å². The third-order valence-corrected chi connectivity index (χ3v) is 4.46. The summed E-state index contributed by atoms with van der Waals surface area (Å²) in [7, 11) is 0. The quantitative estimate of drug-likeness (QED) is 0.933. The number of hydrogen-bond donors (Lipinski definition) is 1. The Morgan fingerprint density at radius 3 is 2.17 bits per heavy atom. The van der Waals surface area contributed by atoms with Gasteiger partial charge in [-0.25, -0.2) is 9.97 Å². The number of nitrogens with zero attached hydrogens (tertiary/aromatic N) is 3. The molecule has 1 aromatic heterocycles. The van der Waals surface area contributed by atoms with Gasteiger partial charge in [0, 0.05) is 31.2 Å². The molecule has 1 aliphatic heterocycles. The fourth-order valence-corrected chi connectivity index (χ4v) is 3.27. The van der Waals surface area contributed by atoms with E-state index in [-0.39, 0.29) is 5.91 Å². The molecule has 2 aromatic rings.